The minimum absolute atomic E-state index is 0.0269. The lowest BCUT2D eigenvalue weighted by molar-refractivity contribution is -0.121. The number of unbranched alkanes of at least 4 members (excludes halogenated alkanes) is 1. The second-order valence-corrected chi connectivity index (χ2v) is 8.24. The van der Waals surface area contributed by atoms with E-state index in [-0.39, 0.29) is 17.9 Å². The average Bonchev–Trinajstić information content (AvgIpc) is 3.43. The number of ether oxygens (including phenoxy) is 1. The number of fused-ring (bicyclic) bond motifs is 3. The van der Waals surface area contributed by atoms with E-state index in [0.717, 1.165) is 29.7 Å². The summed E-state index contributed by atoms with van der Waals surface area (Å²) in [5.74, 6) is 1.91. The molecule has 1 amide bonds. The van der Waals surface area contributed by atoms with E-state index < -0.39 is 0 Å². The van der Waals surface area contributed by atoms with Crippen molar-refractivity contribution in [3.63, 3.8) is 0 Å². The first kappa shape index (κ1) is 21.0. The second kappa shape index (κ2) is 9.30. The van der Waals surface area contributed by atoms with Gasteiger partial charge in [0, 0.05) is 25.9 Å². The van der Waals surface area contributed by atoms with E-state index in [2.05, 4.69) is 22.4 Å². The van der Waals surface area contributed by atoms with Crippen LogP contribution in [-0.4, -0.2) is 32.2 Å². The number of methoxy groups -OCH3 is 1. The summed E-state index contributed by atoms with van der Waals surface area (Å²) in [6.07, 6.45) is 2.59. The molecule has 162 valence electrons. The molecular formula is C22H25N5O3S. The minimum atomic E-state index is -0.0690. The van der Waals surface area contributed by atoms with Crippen molar-refractivity contribution in [3.8, 4) is 5.75 Å². The first-order valence-corrected chi connectivity index (χ1v) is 11.2. The third-order valence-corrected chi connectivity index (χ3v) is 6.11. The SMILES string of the molecule is CCCCn1c(=O)c2sccc2n2c(CCC(=O)NCc3cccc(OC)c3)nnc12. The summed E-state index contributed by atoms with van der Waals surface area (Å²) < 4.78 is 9.51. The molecule has 3 heterocycles. The largest absolute Gasteiger partial charge is 0.497 e. The van der Waals surface area contributed by atoms with Gasteiger partial charge in [0.15, 0.2) is 0 Å². The molecule has 4 rings (SSSR count). The molecule has 0 spiro atoms. The molecule has 0 aliphatic heterocycles. The first-order chi connectivity index (χ1) is 15.1. The molecule has 0 radical (unpaired) electrons. The number of rotatable bonds is 9. The van der Waals surface area contributed by atoms with Gasteiger partial charge in [-0.25, -0.2) is 0 Å². The van der Waals surface area contributed by atoms with E-state index in [0.29, 0.717) is 35.8 Å². The van der Waals surface area contributed by atoms with Crippen molar-refractivity contribution in [2.75, 3.05) is 7.11 Å². The maximum absolute atomic E-state index is 12.9. The van der Waals surface area contributed by atoms with Crippen molar-refractivity contribution in [1.82, 2.24) is 24.5 Å². The number of aromatic nitrogens is 4. The summed E-state index contributed by atoms with van der Waals surface area (Å²) in [6, 6.07) is 9.51. The maximum Gasteiger partial charge on any atom is 0.272 e. The molecule has 9 heteroatoms. The van der Waals surface area contributed by atoms with E-state index in [4.69, 9.17) is 4.74 Å². The Balaban J connectivity index is 1.51. The van der Waals surface area contributed by atoms with Crippen LogP contribution in [0.2, 0.25) is 0 Å². The Morgan fingerprint density at radius 3 is 2.94 bits per heavy atom. The molecule has 1 N–H and O–H groups in total. The molecule has 3 aromatic heterocycles. The van der Waals surface area contributed by atoms with Gasteiger partial charge in [-0.3, -0.25) is 18.6 Å². The molecule has 0 aliphatic rings. The third-order valence-electron chi connectivity index (χ3n) is 5.21. The molecule has 8 nitrogen and oxygen atoms in total. The summed E-state index contributed by atoms with van der Waals surface area (Å²) in [4.78, 5) is 25.3. The number of thiophene rings is 1. The van der Waals surface area contributed by atoms with Crippen molar-refractivity contribution >= 4 is 33.2 Å². The molecule has 0 saturated heterocycles. The zero-order chi connectivity index (χ0) is 21.8. The van der Waals surface area contributed by atoms with Gasteiger partial charge in [0.1, 0.15) is 16.3 Å². The van der Waals surface area contributed by atoms with Gasteiger partial charge in [0.25, 0.3) is 5.56 Å². The van der Waals surface area contributed by atoms with Crippen LogP contribution in [0.3, 0.4) is 0 Å². The molecule has 31 heavy (non-hydrogen) atoms. The highest BCUT2D eigenvalue weighted by Gasteiger charge is 2.17. The number of carbonyl (C=O) groups is 1. The number of aryl methyl sites for hydroxylation is 2. The van der Waals surface area contributed by atoms with Crippen LogP contribution < -0.4 is 15.6 Å². The fourth-order valence-electron chi connectivity index (χ4n) is 3.56. The Kier molecular flexibility index (Phi) is 6.31. The highest BCUT2D eigenvalue weighted by atomic mass is 32.1. The fraction of sp³-hybridized carbons (Fsp3) is 0.364. The van der Waals surface area contributed by atoms with Crippen LogP contribution in [0.4, 0.5) is 0 Å². The quantitative estimate of drug-likeness (QED) is 0.433. The molecule has 0 aliphatic carbocycles. The van der Waals surface area contributed by atoms with Crippen molar-refractivity contribution in [1.29, 1.82) is 0 Å². The van der Waals surface area contributed by atoms with Gasteiger partial charge < -0.3 is 10.1 Å². The Labute approximate surface area is 183 Å². The predicted molar refractivity (Wildman–Crippen MR) is 121 cm³/mol. The lowest BCUT2D eigenvalue weighted by Crippen LogP contribution is -2.24. The Bertz CT molecular complexity index is 1270. The van der Waals surface area contributed by atoms with Crippen molar-refractivity contribution in [2.24, 2.45) is 0 Å². The highest BCUT2D eigenvalue weighted by molar-refractivity contribution is 7.17. The number of hydrogen-bond acceptors (Lipinski definition) is 6. The Hall–Kier alpha value is -3.20. The summed E-state index contributed by atoms with van der Waals surface area (Å²) in [5.41, 5.74) is 1.75. The second-order valence-electron chi connectivity index (χ2n) is 7.33. The molecule has 0 bridgehead atoms. The van der Waals surface area contributed by atoms with Crippen LogP contribution in [0.5, 0.6) is 5.75 Å². The summed E-state index contributed by atoms with van der Waals surface area (Å²) in [5, 5.41) is 13.4. The van der Waals surface area contributed by atoms with E-state index in [1.54, 1.807) is 11.7 Å². The summed E-state index contributed by atoms with van der Waals surface area (Å²) in [6.45, 7) is 3.12. The van der Waals surface area contributed by atoms with Gasteiger partial charge in [0.05, 0.1) is 12.6 Å². The van der Waals surface area contributed by atoms with Crippen LogP contribution in [0.15, 0.2) is 40.5 Å². The van der Waals surface area contributed by atoms with Gasteiger partial charge in [-0.05, 0) is 35.6 Å². The number of nitrogens with one attached hydrogen (secondary N) is 1. The monoisotopic (exact) mass is 439 g/mol. The topological polar surface area (TPSA) is 90.5 Å². The van der Waals surface area contributed by atoms with Gasteiger partial charge in [0.2, 0.25) is 11.7 Å². The molecule has 0 saturated carbocycles. The highest BCUT2D eigenvalue weighted by Crippen LogP contribution is 2.20. The van der Waals surface area contributed by atoms with E-state index in [1.807, 2.05) is 40.1 Å². The molecule has 1 aromatic carbocycles. The predicted octanol–water partition coefficient (Wildman–Crippen LogP) is 3.16. The van der Waals surface area contributed by atoms with Crippen LogP contribution in [0.1, 0.15) is 37.6 Å². The number of amides is 1. The fourth-order valence-corrected chi connectivity index (χ4v) is 4.38. The minimum Gasteiger partial charge on any atom is -0.497 e. The maximum atomic E-state index is 12.9. The summed E-state index contributed by atoms with van der Waals surface area (Å²) in [7, 11) is 1.62. The normalized spacial score (nSPS) is 11.3. The first-order valence-electron chi connectivity index (χ1n) is 10.4. The molecule has 0 unspecified atom stereocenters. The third kappa shape index (κ3) is 4.32. The molecule has 0 fully saturated rings. The van der Waals surface area contributed by atoms with Gasteiger partial charge in [-0.2, -0.15) is 0 Å². The van der Waals surface area contributed by atoms with E-state index in [9.17, 15) is 9.59 Å². The lowest BCUT2D eigenvalue weighted by atomic mass is 10.2. The zero-order valence-corrected chi connectivity index (χ0v) is 18.4. The van der Waals surface area contributed by atoms with Gasteiger partial charge in [-0.1, -0.05) is 25.5 Å². The molecular weight excluding hydrogens is 414 g/mol. The smallest absolute Gasteiger partial charge is 0.272 e. The van der Waals surface area contributed by atoms with Gasteiger partial charge >= 0.3 is 0 Å². The van der Waals surface area contributed by atoms with Crippen LogP contribution >= 0.6 is 11.3 Å². The van der Waals surface area contributed by atoms with Crippen molar-refractivity contribution < 1.29 is 9.53 Å². The van der Waals surface area contributed by atoms with Crippen molar-refractivity contribution in [2.45, 2.75) is 45.7 Å². The lowest BCUT2D eigenvalue weighted by Gasteiger charge is -2.09. The van der Waals surface area contributed by atoms with Crippen molar-refractivity contribution in [3.05, 3.63) is 57.5 Å². The standard InChI is InChI=1S/C22H25N5O3S/c1-3-4-11-26-21(29)20-17(10-12-31-20)27-18(24-25-22(26)27)8-9-19(28)23-14-15-6-5-7-16(13-15)30-2/h5-7,10,12-13H,3-4,8-9,11,14H2,1-2H3,(H,23,28). The van der Waals surface area contributed by atoms with Crippen LogP contribution in [-0.2, 0) is 24.3 Å². The van der Waals surface area contributed by atoms with Crippen LogP contribution in [0.25, 0.3) is 16.0 Å². The Morgan fingerprint density at radius 1 is 1.26 bits per heavy atom. The number of carbonyl (C=O) groups excluding carboxylic acids is 1. The number of hydrogen-bond donors (Lipinski definition) is 1. The summed E-state index contributed by atoms with van der Waals surface area (Å²) >= 11 is 1.42. The number of nitrogens with zero attached hydrogens (tertiary/aromatic N) is 4. The van der Waals surface area contributed by atoms with E-state index in [1.165, 1.54) is 11.3 Å². The number of benzene rings is 1. The van der Waals surface area contributed by atoms with Crippen LogP contribution in [0, 0.1) is 0 Å². The molecule has 0 atom stereocenters. The average molecular weight is 440 g/mol. The van der Waals surface area contributed by atoms with E-state index >= 15 is 0 Å². The van der Waals surface area contributed by atoms with Gasteiger partial charge in [-0.15, -0.1) is 21.5 Å². The molecule has 4 aromatic rings. The Morgan fingerprint density at radius 2 is 2.13 bits per heavy atom. The zero-order valence-electron chi connectivity index (χ0n) is 17.6.